The molecule has 0 aliphatic heterocycles. The highest BCUT2D eigenvalue weighted by Gasteiger charge is 2.21. The Morgan fingerprint density at radius 2 is 2.15 bits per heavy atom. The molecule has 0 aliphatic rings. The number of hydrogen-bond donors (Lipinski definition) is 2. The van der Waals surface area contributed by atoms with Crippen LogP contribution < -0.4 is 5.32 Å². The molecule has 0 atom stereocenters. The SMILES string of the molecule is O=C(O)c1cccc([N+](=O)[O-])c1NCc1ccc(Cl)s1. The minimum atomic E-state index is -1.22. The van der Waals surface area contributed by atoms with E-state index >= 15 is 0 Å². The summed E-state index contributed by atoms with van der Waals surface area (Å²) in [7, 11) is 0. The molecule has 0 saturated heterocycles. The summed E-state index contributed by atoms with van der Waals surface area (Å²) in [6.45, 7) is 0.266. The van der Waals surface area contributed by atoms with Gasteiger partial charge in [-0.3, -0.25) is 10.1 Å². The lowest BCUT2D eigenvalue weighted by atomic mass is 10.1. The molecule has 0 radical (unpaired) electrons. The van der Waals surface area contributed by atoms with E-state index in [9.17, 15) is 14.9 Å². The predicted molar refractivity (Wildman–Crippen MR) is 76.7 cm³/mol. The molecule has 20 heavy (non-hydrogen) atoms. The number of carboxylic acids is 1. The number of rotatable bonds is 5. The van der Waals surface area contributed by atoms with Crippen LogP contribution in [0.2, 0.25) is 4.34 Å². The number of carboxylic acid groups (broad SMARTS) is 1. The normalized spacial score (nSPS) is 10.2. The van der Waals surface area contributed by atoms with Crippen molar-refractivity contribution in [2.24, 2.45) is 0 Å². The maximum atomic E-state index is 11.1. The number of nitro groups is 1. The molecule has 0 amide bonds. The molecule has 2 rings (SSSR count). The van der Waals surface area contributed by atoms with Crippen LogP contribution in [-0.4, -0.2) is 16.0 Å². The molecule has 0 aliphatic carbocycles. The number of anilines is 1. The molecule has 0 unspecified atom stereocenters. The van der Waals surface area contributed by atoms with Crippen LogP contribution >= 0.6 is 22.9 Å². The Labute approximate surface area is 122 Å². The summed E-state index contributed by atoms with van der Waals surface area (Å²) in [4.78, 5) is 22.3. The standard InChI is InChI=1S/C12H9ClN2O4S/c13-10-5-4-7(20-10)6-14-11-8(12(16)17)2-1-3-9(11)15(18)19/h1-5,14H,6H2,(H,16,17). The topological polar surface area (TPSA) is 92.5 Å². The van der Waals surface area contributed by atoms with E-state index in [-0.39, 0.29) is 23.5 Å². The van der Waals surface area contributed by atoms with Crippen molar-refractivity contribution in [3.8, 4) is 0 Å². The fourth-order valence-electron chi connectivity index (χ4n) is 1.68. The van der Waals surface area contributed by atoms with E-state index in [0.717, 1.165) is 4.88 Å². The Kier molecular flexibility index (Phi) is 4.21. The smallest absolute Gasteiger partial charge is 0.338 e. The number of nitrogens with one attached hydrogen (secondary N) is 1. The van der Waals surface area contributed by atoms with Crippen LogP contribution in [0.1, 0.15) is 15.2 Å². The predicted octanol–water partition coefficient (Wildman–Crippen LogP) is 3.62. The zero-order valence-corrected chi connectivity index (χ0v) is 11.6. The Balaban J connectivity index is 2.32. The van der Waals surface area contributed by atoms with Gasteiger partial charge in [-0.15, -0.1) is 11.3 Å². The average Bonchev–Trinajstić information content (AvgIpc) is 2.81. The van der Waals surface area contributed by atoms with Gasteiger partial charge >= 0.3 is 5.97 Å². The van der Waals surface area contributed by atoms with E-state index in [1.54, 1.807) is 12.1 Å². The van der Waals surface area contributed by atoms with Gasteiger partial charge in [0.05, 0.1) is 14.8 Å². The number of nitro benzene ring substituents is 1. The summed E-state index contributed by atoms with van der Waals surface area (Å²) in [5, 5.41) is 22.9. The second kappa shape index (κ2) is 5.89. The first-order valence-corrected chi connectivity index (χ1v) is 6.67. The van der Waals surface area contributed by atoms with Crippen molar-refractivity contribution in [3.05, 3.63) is 55.2 Å². The Bertz CT molecular complexity index is 639. The fourth-order valence-corrected chi connectivity index (χ4v) is 2.71. The molecular weight excluding hydrogens is 304 g/mol. The third kappa shape index (κ3) is 3.06. The first-order valence-electron chi connectivity index (χ1n) is 5.48. The second-order valence-electron chi connectivity index (χ2n) is 3.82. The van der Waals surface area contributed by atoms with Gasteiger partial charge in [0.25, 0.3) is 5.69 Å². The van der Waals surface area contributed by atoms with Crippen LogP contribution in [0.5, 0.6) is 0 Å². The first-order chi connectivity index (χ1) is 9.49. The summed E-state index contributed by atoms with van der Waals surface area (Å²) in [5.41, 5.74) is -0.413. The Hall–Kier alpha value is -2.12. The number of para-hydroxylation sites is 1. The quantitative estimate of drug-likeness (QED) is 0.649. The van der Waals surface area contributed by atoms with E-state index in [1.165, 1.54) is 29.5 Å². The summed E-state index contributed by atoms with van der Waals surface area (Å²) in [6, 6.07) is 7.40. The van der Waals surface area contributed by atoms with Crippen LogP contribution in [0.25, 0.3) is 0 Å². The first kappa shape index (κ1) is 14.3. The lowest BCUT2D eigenvalue weighted by Crippen LogP contribution is -2.08. The highest BCUT2D eigenvalue weighted by atomic mass is 35.5. The molecule has 2 aromatic rings. The number of hydrogen-bond acceptors (Lipinski definition) is 5. The second-order valence-corrected chi connectivity index (χ2v) is 5.62. The Morgan fingerprint density at radius 3 is 2.70 bits per heavy atom. The van der Waals surface area contributed by atoms with Crippen molar-refractivity contribution in [2.75, 3.05) is 5.32 Å². The molecule has 1 heterocycles. The largest absolute Gasteiger partial charge is 0.478 e. The molecule has 8 heteroatoms. The number of benzene rings is 1. The molecular formula is C12H9ClN2O4S. The van der Waals surface area contributed by atoms with Crippen molar-refractivity contribution in [3.63, 3.8) is 0 Å². The van der Waals surface area contributed by atoms with Gasteiger partial charge in [0.1, 0.15) is 5.69 Å². The zero-order chi connectivity index (χ0) is 14.7. The van der Waals surface area contributed by atoms with Gasteiger partial charge in [0, 0.05) is 17.5 Å². The number of aromatic carboxylic acids is 1. The fraction of sp³-hybridized carbons (Fsp3) is 0.0833. The van der Waals surface area contributed by atoms with Crippen LogP contribution in [0.15, 0.2) is 30.3 Å². The summed E-state index contributed by atoms with van der Waals surface area (Å²) < 4.78 is 0.600. The summed E-state index contributed by atoms with van der Waals surface area (Å²) in [5.74, 6) is -1.22. The maximum absolute atomic E-state index is 11.1. The molecule has 2 N–H and O–H groups in total. The lowest BCUT2D eigenvalue weighted by molar-refractivity contribution is -0.384. The highest BCUT2D eigenvalue weighted by molar-refractivity contribution is 7.16. The monoisotopic (exact) mass is 312 g/mol. The van der Waals surface area contributed by atoms with Crippen molar-refractivity contribution in [2.45, 2.75) is 6.54 Å². The van der Waals surface area contributed by atoms with E-state index in [2.05, 4.69) is 5.32 Å². The van der Waals surface area contributed by atoms with E-state index < -0.39 is 10.9 Å². The van der Waals surface area contributed by atoms with Gasteiger partial charge in [-0.1, -0.05) is 17.7 Å². The molecule has 1 aromatic heterocycles. The van der Waals surface area contributed by atoms with Gasteiger partial charge in [-0.05, 0) is 18.2 Å². The van der Waals surface area contributed by atoms with Gasteiger partial charge in [-0.2, -0.15) is 0 Å². The van der Waals surface area contributed by atoms with Gasteiger partial charge in [0.2, 0.25) is 0 Å². The molecule has 0 fully saturated rings. The molecule has 6 nitrogen and oxygen atoms in total. The third-order valence-corrected chi connectivity index (χ3v) is 3.77. The van der Waals surface area contributed by atoms with E-state index in [1.807, 2.05) is 0 Å². The summed E-state index contributed by atoms with van der Waals surface area (Å²) >= 11 is 7.12. The van der Waals surface area contributed by atoms with Crippen molar-refractivity contribution in [1.82, 2.24) is 0 Å². The number of halogens is 1. The van der Waals surface area contributed by atoms with Crippen molar-refractivity contribution >= 4 is 40.3 Å². The lowest BCUT2D eigenvalue weighted by Gasteiger charge is -2.09. The highest BCUT2D eigenvalue weighted by Crippen LogP contribution is 2.30. The van der Waals surface area contributed by atoms with E-state index in [0.29, 0.717) is 4.34 Å². The van der Waals surface area contributed by atoms with E-state index in [4.69, 9.17) is 16.7 Å². The molecule has 0 bridgehead atoms. The zero-order valence-electron chi connectivity index (χ0n) is 10.00. The maximum Gasteiger partial charge on any atom is 0.338 e. The number of nitrogens with zero attached hydrogens (tertiary/aromatic N) is 1. The van der Waals surface area contributed by atoms with Gasteiger partial charge in [0.15, 0.2) is 0 Å². The van der Waals surface area contributed by atoms with Gasteiger partial charge in [-0.25, -0.2) is 4.79 Å². The molecule has 0 saturated carbocycles. The van der Waals surface area contributed by atoms with Crippen LogP contribution in [0.4, 0.5) is 11.4 Å². The number of carbonyl (C=O) groups is 1. The molecule has 104 valence electrons. The van der Waals surface area contributed by atoms with Crippen molar-refractivity contribution in [1.29, 1.82) is 0 Å². The molecule has 0 spiro atoms. The number of thiophene rings is 1. The van der Waals surface area contributed by atoms with Crippen LogP contribution in [0, 0.1) is 10.1 Å². The Morgan fingerprint density at radius 1 is 1.40 bits per heavy atom. The third-order valence-electron chi connectivity index (χ3n) is 2.54. The van der Waals surface area contributed by atoms with Crippen LogP contribution in [-0.2, 0) is 6.54 Å². The van der Waals surface area contributed by atoms with Gasteiger partial charge < -0.3 is 10.4 Å². The molecule has 1 aromatic carbocycles. The minimum Gasteiger partial charge on any atom is -0.478 e. The van der Waals surface area contributed by atoms with Crippen LogP contribution in [0.3, 0.4) is 0 Å². The average molecular weight is 313 g/mol. The van der Waals surface area contributed by atoms with Crippen molar-refractivity contribution < 1.29 is 14.8 Å². The minimum absolute atomic E-state index is 0.00507. The summed E-state index contributed by atoms with van der Waals surface area (Å²) in [6.07, 6.45) is 0.